The summed E-state index contributed by atoms with van der Waals surface area (Å²) >= 11 is 0. The molecule has 158 valence electrons. The van der Waals surface area contributed by atoms with Gasteiger partial charge in [0.15, 0.2) is 5.60 Å². The summed E-state index contributed by atoms with van der Waals surface area (Å²) in [5, 5.41) is 0. The zero-order chi connectivity index (χ0) is 20.6. The number of piperidine rings is 3. The molecule has 0 spiro atoms. The molecule has 5 heteroatoms. The summed E-state index contributed by atoms with van der Waals surface area (Å²) in [4.78, 5) is 15.8. The number of benzene rings is 2. The van der Waals surface area contributed by atoms with E-state index in [0.717, 1.165) is 43.6 Å². The van der Waals surface area contributed by atoms with Crippen LogP contribution in [0.5, 0.6) is 0 Å². The fourth-order valence-electron chi connectivity index (χ4n) is 5.11. The molecule has 2 aromatic rings. The Hall–Kier alpha value is -2.21. The van der Waals surface area contributed by atoms with Gasteiger partial charge in [0.25, 0.3) is 0 Å². The van der Waals surface area contributed by atoms with E-state index in [1.165, 1.54) is 0 Å². The van der Waals surface area contributed by atoms with Crippen molar-refractivity contribution in [1.29, 1.82) is 0 Å². The van der Waals surface area contributed by atoms with Gasteiger partial charge in [-0.1, -0.05) is 60.7 Å². The van der Waals surface area contributed by atoms with Gasteiger partial charge in [0, 0.05) is 6.54 Å². The Morgan fingerprint density at radius 2 is 1.57 bits per heavy atom. The third-order valence-electron chi connectivity index (χ3n) is 6.85. The smallest absolute Gasteiger partial charge is 0.340 e. The second kappa shape index (κ2) is 7.80. The van der Waals surface area contributed by atoms with E-state index in [4.69, 9.17) is 14.2 Å². The van der Waals surface area contributed by atoms with E-state index < -0.39 is 11.2 Å². The Bertz CT molecular complexity index is 839. The second-order valence-electron chi connectivity index (χ2n) is 8.97. The lowest BCUT2D eigenvalue weighted by Crippen LogP contribution is -2.59. The molecule has 0 amide bonds. The minimum atomic E-state index is -1.17. The van der Waals surface area contributed by atoms with E-state index in [1.54, 1.807) is 6.92 Å². The Kier molecular flexibility index (Phi) is 5.13. The maximum Gasteiger partial charge on any atom is 0.340 e. The molecule has 4 heterocycles. The third kappa shape index (κ3) is 3.45. The summed E-state index contributed by atoms with van der Waals surface area (Å²) in [6.45, 7) is 5.39. The van der Waals surface area contributed by atoms with Gasteiger partial charge in [-0.25, -0.2) is 4.79 Å². The molecule has 0 unspecified atom stereocenters. The summed E-state index contributed by atoms with van der Waals surface area (Å²) in [5.74, 6) is 0.136. The molecule has 0 aromatic heterocycles. The van der Waals surface area contributed by atoms with Crippen molar-refractivity contribution >= 4 is 5.97 Å². The first kappa shape index (κ1) is 19.7. The van der Waals surface area contributed by atoms with Gasteiger partial charge in [-0.3, -0.25) is 4.90 Å². The Morgan fingerprint density at radius 1 is 0.967 bits per heavy atom. The highest BCUT2D eigenvalue weighted by Crippen LogP contribution is 2.42. The molecular weight excluding hydrogens is 378 g/mol. The highest BCUT2D eigenvalue weighted by Gasteiger charge is 2.52. The number of rotatable bonds is 4. The summed E-state index contributed by atoms with van der Waals surface area (Å²) in [6, 6.07) is 20.0. The minimum absolute atomic E-state index is 0.0507. The third-order valence-corrected chi connectivity index (χ3v) is 6.85. The minimum Gasteiger partial charge on any atom is -0.459 e. The van der Waals surface area contributed by atoms with Crippen LogP contribution in [-0.2, 0) is 24.6 Å². The Labute approximate surface area is 177 Å². The molecule has 2 aromatic carbocycles. The van der Waals surface area contributed by atoms with Gasteiger partial charge in [-0.15, -0.1) is 0 Å². The van der Waals surface area contributed by atoms with Crippen LogP contribution in [0.15, 0.2) is 60.7 Å². The van der Waals surface area contributed by atoms with Crippen LogP contribution < -0.4 is 0 Å². The lowest BCUT2D eigenvalue weighted by molar-refractivity contribution is -0.247. The zero-order valence-electron chi connectivity index (χ0n) is 17.5. The van der Waals surface area contributed by atoms with Crippen molar-refractivity contribution in [3.63, 3.8) is 0 Å². The van der Waals surface area contributed by atoms with Crippen LogP contribution in [0.25, 0.3) is 0 Å². The molecule has 4 aliphatic heterocycles. The molecule has 30 heavy (non-hydrogen) atoms. The van der Waals surface area contributed by atoms with Crippen molar-refractivity contribution in [2.45, 2.75) is 37.1 Å². The molecule has 2 bridgehead atoms. The van der Waals surface area contributed by atoms with Crippen molar-refractivity contribution in [2.75, 3.05) is 32.8 Å². The van der Waals surface area contributed by atoms with Crippen molar-refractivity contribution in [2.24, 2.45) is 5.92 Å². The maximum absolute atomic E-state index is 13.4. The lowest BCUT2D eigenvalue weighted by Gasteiger charge is -2.48. The highest BCUT2D eigenvalue weighted by molar-refractivity contribution is 5.80. The van der Waals surface area contributed by atoms with Crippen molar-refractivity contribution in [3.8, 4) is 0 Å². The summed E-state index contributed by atoms with van der Waals surface area (Å²) < 4.78 is 18.8. The van der Waals surface area contributed by atoms with Crippen LogP contribution in [0.4, 0.5) is 0 Å². The first-order valence-corrected chi connectivity index (χ1v) is 10.9. The molecule has 5 nitrogen and oxygen atoms in total. The number of carbonyl (C=O) groups is 1. The SMILES string of the molecule is C[C@]1(C(=O)O[C@H]2CN3CCC2CC3)COCC(c2ccccc2)(c2ccccc2)O1. The average molecular weight is 408 g/mol. The first-order valence-electron chi connectivity index (χ1n) is 10.9. The molecule has 0 saturated carbocycles. The molecule has 0 aliphatic carbocycles. The summed E-state index contributed by atoms with van der Waals surface area (Å²) in [7, 11) is 0. The normalized spacial score (nSPS) is 32.5. The average Bonchev–Trinajstić information content (AvgIpc) is 2.81. The largest absolute Gasteiger partial charge is 0.459 e. The lowest BCUT2D eigenvalue weighted by atomic mass is 9.84. The Morgan fingerprint density at radius 3 is 2.10 bits per heavy atom. The van der Waals surface area contributed by atoms with E-state index in [2.05, 4.69) is 4.90 Å². The molecule has 0 N–H and O–H groups in total. The number of fused-ring (bicyclic) bond motifs is 3. The van der Waals surface area contributed by atoms with Crippen LogP contribution >= 0.6 is 0 Å². The van der Waals surface area contributed by atoms with Crippen LogP contribution in [0.3, 0.4) is 0 Å². The van der Waals surface area contributed by atoms with Crippen molar-refractivity contribution in [3.05, 3.63) is 71.8 Å². The van der Waals surface area contributed by atoms with Crippen LogP contribution in [0, 0.1) is 5.92 Å². The van der Waals surface area contributed by atoms with Crippen LogP contribution in [0.1, 0.15) is 30.9 Å². The van der Waals surface area contributed by atoms with E-state index in [-0.39, 0.29) is 18.7 Å². The molecule has 4 aliphatic rings. The fraction of sp³-hybridized carbons (Fsp3) is 0.480. The van der Waals surface area contributed by atoms with Crippen LogP contribution in [0.2, 0.25) is 0 Å². The van der Waals surface area contributed by atoms with E-state index in [9.17, 15) is 4.79 Å². The number of hydrogen-bond acceptors (Lipinski definition) is 5. The van der Waals surface area contributed by atoms with Crippen molar-refractivity contribution < 1.29 is 19.0 Å². The number of carbonyl (C=O) groups excluding carboxylic acids is 1. The maximum atomic E-state index is 13.4. The molecule has 2 atom stereocenters. The predicted molar refractivity (Wildman–Crippen MR) is 113 cm³/mol. The first-order chi connectivity index (χ1) is 14.6. The van der Waals surface area contributed by atoms with Crippen molar-refractivity contribution in [1.82, 2.24) is 4.90 Å². The summed E-state index contributed by atoms with van der Waals surface area (Å²) in [5.41, 5.74) is -0.0879. The van der Waals surface area contributed by atoms with E-state index in [1.807, 2.05) is 60.7 Å². The molecular formula is C25H29NO4. The van der Waals surface area contributed by atoms with Gasteiger partial charge in [0.2, 0.25) is 0 Å². The topological polar surface area (TPSA) is 48.0 Å². The highest BCUT2D eigenvalue weighted by atomic mass is 16.6. The molecule has 4 fully saturated rings. The predicted octanol–water partition coefficient (Wildman–Crippen LogP) is 3.37. The van der Waals surface area contributed by atoms with Gasteiger partial charge >= 0.3 is 5.97 Å². The van der Waals surface area contributed by atoms with E-state index >= 15 is 0 Å². The monoisotopic (exact) mass is 407 g/mol. The number of hydrogen-bond donors (Lipinski definition) is 0. The number of ether oxygens (including phenoxy) is 3. The van der Waals surface area contributed by atoms with Gasteiger partial charge in [0.1, 0.15) is 11.7 Å². The zero-order valence-corrected chi connectivity index (χ0v) is 17.5. The van der Waals surface area contributed by atoms with Gasteiger partial charge < -0.3 is 14.2 Å². The number of esters is 1. The van der Waals surface area contributed by atoms with Crippen LogP contribution in [-0.4, -0.2) is 55.4 Å². The fourth-order valence-corrected chi connectivity index (χ4v) is 5.11. The van der Waals surface area contributed by atoms with Gasteiger partial charge in [-0.05, 0) is 49.9 Å². The standard InChI is InChI=1S/C25H29NO4/c1-24(23(27)29-22-16-26-14-12-19(22)13-15-26)17-28-18-25(30-24,20-8-4-2-5-9-20)21-10-6-3-7-11-21/h2-11,19,22H,12-18H2,1H3/t22-,24+/m0/s1. The quantitative estimate of drug-likeness (QED) is 0.728. The molecule has 0 radical (unpaired) electrons. The van der Waals surface area contributed by atoms with Gasteiger partial charge in [-0.2, -0.15) is 0 Å². The number of nitrogens with zero attached hydrogens (tertiary/aromatic N) is 1. The summed E-state index contributed by atoms with van der Waals surface area (Å²) in [6.07, 6.45) is 2.15. The van der Waals surface area contributed by atoms with E-state index in [0.29, 0.717) is 12.5 Å². The molecule has 6 rings (SSSR count). The Balaban J connectivity index is 1.44. The van der Waals surface area contributed by atoms with Gasteiger partial charge in [0.05, 0.1) is 13.2 Å². The molecule has 4 saturated heterocycles. The second-order valence-corrected chi connectivity index (χ2v) is 8.97.